The van der Waals surface area contributed by atoms with E-state index in [9.17, 15) is 0 Å². The molecule has 1 aromatic carbocycles. The highest BCUT2D eigenvalue weighted by Gasteiger charge is 2.20. The lowest BCUT2D eigenvalue weighted by Crippen LogP contribution is -1.87. The van der Waals surface area contributed by atoms with Gasteiger partial charge in [-0.15, -0.1) is 11.3 Å². The van der Waals surface area contributed by atoms with Crippen molar-refractivity contribution in [2.45, 2.75) is 0 Å². The molecule has 0 atom stereocenters. The first-order chi connectivity index (χ1) is 9.70. The van der Waals surface area contributed by atoms with Crippen LogP contribution in [0.4, 0.5) is 5.88 Å². The molecular weight excluding hydrogens is 340 g/mol. The molecule has 0 amide bonds. The fraction of sp³-hybridized carbons (Fsp3) is 0.0714. The Bertz CT molecular complexity index is 751. The molecule has 0 aliphatic rings. The van der Waals surface area contributed by atoms with E-state index in [-0.39, 0.29) is 0 Å². The lowest BCUT2D eigenvalue weighted by Gasteiger charge is -2.03. The van der Waals surface area contributed by atoms with Gasteiger partial charge in [-0.25, -0.2) is 0 Å². The molecule has 0 saturated carbocycles. The van der Waals surface area contributed by atoms with Crippen LogP contribution in [0.2, 0.25) is 0 Å². The third-order valence-corrected chi connectivity index (χ3v) is 4.51. The minimum Gasteiger partial charge on any atom is -0.496 e. The van der Waals surface area contributed by atoms with Crippen molar-refractivity contribution in [1.29, 1.82) is 0 Å². The zero-order valence-electron chi connectivity index (χ0n) is 10.6. The van der Waals surface area contributed by atoms with E-state index >= 15 is 0 Å². The maximum atomic E-state index is 5.94. The first kappa shape index (κ1) is 13.2. The summed E-state index contributed by atoms with van der Waals surface area (Å²) in [6.45, 7) is 0. The highest BCUT2D eigenvalue weighted by Crippen LogP contribution is 2.42. The molecular formula is C14H11BrN2O2S. The molecule has 0 bridgehead atoms. The van der Waals surface area contributed by atoms with Gasteiger partial charge < -0.3 is 15.0 Å². The second kappa shape index (κ2) is 5.30. The smallest absolute Gasteiger partial charge is 0.230 e. The van der Waals surface area contributed by atoms with E-state index in [0.29, 0.717) is 5.88 Å². The van der Waals surface area contributed by atoms with Gasteiger partial charge in [-0.3, -0.25) is 0 Å². The quantitative estimate of drug-likeness (QED) is 0.759. The van der Waals surface area contributed by atoms with Crippen LogP contribution in [0.1, 0.15) is 0 Å². The molecule has 3 rings (SSSR count). The highest BCUT2D eigenvalue weighted by molar-refractivity contribution is 9.10. The number of hydrogen-bond acceptors (Lipinski definition) is 5. The van der Waals surface area contributed by atoms with Crippen molar-refractivity contribution in [2.24, 2.45) is 0 Å². The normalized spacial score (nSPS) is 10.7. The number of aromatic nitrogens is 1. The Hall–Kier alpha value is -1.79. The lowest BCUT2D eigenvalue weighted by atomic mass is 10.0. The molecule has 102 valence electrons. The van der Waals surface area contributed by atoms with Crippen LogP contribution in [-0.4, -0.2) is 12.3 Å². The maximum absolute atomic E-state index is 5.94. The number of nitrogen functional groups attached to an aromatic ring is 1. The monoisotopic (exact) mass is 350 g/mol. The van der Waals surface area contributed by atoms with Crippen LogP contribution in [0.3, 0.4) is 0 Å². The van der Waals surface area contributed by atoms with E-state index in [4.69, 9.17) is 15.0 Å². The number of hydrogen-bond donors (Lipinski definition) is 1. The Morgan fingerprint density at radius 1 is 1.35 bits per heavy atom. The molecule has 6 heteroatoms. The van der Waals surface area contributed by atoms with Gasteiger partial charge in [0.2, 0.25) is 5.88 Å². The largest absolute Gasteiger partial charge is 0.496 e. The summed E-state index contributed by atoms with van der Waals surface area (Å²) < 4.78 is 11.3. The number of methoxy groups -OCH3 is 1. The first-order valence-corrected chi connectivity index (χ1v) is 7.51. The van der Waals surface area contributed by atoms with Gasteiger partial charge in [0.1, 0.15) is 11.4 Å². The van der Waals surface area contributed by atoms with Crippen LogP contribution >= 0.6 is 27.3 Å². The second-order valence-electron chi connectivity index (χ2n) is 4.10. The number of halogens is 1. The molecule has 0 fully saturated rings. The molecule has 0 spiro atoms. The van der Waals surface area contributed by atoms with Crippen LogP contribution in [0.25, 0.3) is 21.7 Å². The summed E-state index contributed by atoms with van der Waals surface area (Å²) in [5.41, 5.74) is 8.41. The third-order valence-electron chi connectivity index (χ3n) is 2.91. The summed E-state index contributed by atoms with van der Waals surface area (Å²) in [5.74, 6) is 1.10. The number of anilines is 1. The summed E-state index contributed by atoms with van der Waals surface area (Å²) in [7, 11) is 1.64. The van der Waals surface area contributed by atoms with E-state index in [1.165, 1.54) is 11.3 Å². The first-order valence-electron chi connectivity index (χ1n) is 5.83. The van der Waals surface area contributed by atoms with Crippen molar-refractivity contribution in [1.82, 2.24) is 5.16 Å². The van der Waals surface area contributed by atoms with Gasteiger partial charge in [0, 0.05) is 21.5 Å². The fourth-order valence-corrected chi connectivity index (χ4v) is 3.27. The van der Waals surface area contributed by atoms with Gasteiger partial charge >= 0.3 is 0 Å². The predicted octanol–water partition coefficient (Wildman–Crippen LogP) is 4.42. The lowest BCUT2D eigenvalue weighted by molar-refractivity contribution is 0.416. The van der Waals surface area contributed by atoms with Crippen molar-refractivity contribution in [3.63, 3.8) is 0 Å². The van der Waals surface area contributed by atoms with Crippen LogP contribution in [-0.2, 0) is 0 Å². The average Bonchev–Trinajstić information content (AvgIpc) is 3.06. The average molecular weight is 351 g/mol. The molecule has 0 aliphatic heterocycles. The Morgan fingerprint density at radius 2 is 2.15 bits per heavy atom. The van der Waals surface area contributed by atoms with E-state index < -0.39 is 0 Å². The van der Waals surface area contributed by atoms with Crippen molar-refractivity contribution >= 4 is 33.2 Å². The molecule has 2 aromatic heterocycles. The zero-order valence-corrected chi connectivity index (χ0v) is 13.0. The van der Waals surface area contributed by atoms with Gasteiger partial charge in [-0.2, -0.15) is 0 Å². The molecule has 2 heterocycles. The summed E-state index contributed by atoms with van der Waals surface area (Å²) in [4.78, 5) is 0.952. The van der Waals surface area contributed by atoms with E-state index in [1.807, 2.05) is 35.7 Å². The van der Waals surface area contributed by atoms with Crippen LogP contribution in [0.5, 0.6) is 5.75 Å². The van der Waals surface area contributed by atoms with Crippen molar-refractivity contribution in [3.05, 3.63) is 40.2 Å². The van der Waals surface area contributed by atoms with Crippen LogP contribution < -0.4 is 10.5 Å². The highest BCUT2D eigenvalue weighted by atomic mass is 79.9. The molecule has 0 radical (unpaired) electrons. The Morgan fingerprint density at radius 3 is 2.85 bits per heavy atom. The Kier molecular flexibility index (Phi) is 3.50. The molecule has 2 N–H and O–H groups in total. The van der Waals surface area contributed by atoms with Gasteiger partial charge in [0.15, 0.2) is 0 Å². The molecule has 0 unspecified atom stereocenters. The third kappa shape index (κ3) is 2.21. The van der Waals surface area contributed by atoms with Crippen LogP contribution in [0, 0.1) is 0 Å². The number of rotatable bonds is 3. The number of ether oxygens (including phenoxy) is 1. The van der Waals surface area contributed by atoms with E-state index in [0.717, 1.165) is 31.9 Å². The van der Waals surface area contributed by atoms with Crippen molar-refractivity contribution < 1.29 is 9.26 Å². The number of nitrogens with zero attached hydrogens (tertiary/aromatic N) is 1. The van der Waals surface area contributed by atoms with Crippen LogP contribution in [0.15, 0.2) is 44.7 Å². The Labute approximate surface area is 128 Å². The maximum Gasteiger partial charge on any atom is 0.230 e. The van der Waals surface area contributed by atoms with E-state index in [2.05, 4.69) is 21.1 Å². The number of benzene rings is 1. The van der Waals surface area contributed by atoms with Gasteiger partial charge in [-0.1, -0.05) is 39.3 Å². The van der Waals surface area contributed by atoms with Gasteiger partial charge in [0.25, 0.3) is 0 Å². The molecule has 4 nitrogen and oxygen atoms in total. The van der Waals surface area contributed by atoms with E-state index in [1.54, 1.807) is 7.11 Å². The van der Waals surface area contributed by atoms with Gasteiger partial charge in [0.05, 0.1) is 17.6 Å². The molecule has 20 heavy (non-hydrogen) atoms. The van der Waals surface area contributed by atoms with Gasteiger partial charge in [-0.05, 0) is 6.07 Å². The standard InChI is InChI=1S/C14H11BrN2O2S/c1-18-8-6-11(20-7-8)13-12(14(16)19-17-13)9-4-2-3-5-10(9)15/h2-7H,16H2,1H3. The molecule has 0 aliphatic carbocycles. The fourth-order valence-electron chi connectivity index (χ4n) is 1.95. The topological polar surface area (TPSA) is 61.3 Å². The SMILES string of the molecule is COc1csc(-c2noc(N)c2-c2ccccc2Br)c1. The minimum absolute atomic E-state index is 0.305. The van der Waals surface area contributed by atoms with Crippen molar-refractivity contribution in [3.8, 4) is 27.4 Å². The molecule has 3 aromatic rings. The summed E-state index contributed by atoms with van der Waals surface area (Å²) >= 11 is 5.07. The van der Waals surface area contributed by atoms with Crippen molar-refractivity contribution in [2.75, 3.05) is 12.8 Å². The summed E-state index contributed by atoms with van der Waals surface area (Å²) in [6, 6.07) is 9.75. The summed E-state index contributed by atoms with van der Waals surface area (Å²) in [5, 5.41) is 6.01. The Balaban J connectivity index is 2.17. The predicted molar refractivity (Wildman–Crippen MR) is 83.9 cm³/mol. The summed E-state index contributed by atoms with van der Waals surface area (Å²) in [6.07, 6.45) is 0. The minimum atomic E-state index is 0.305. The number of nitrogens with two attached hydrogens (primary N) is 1. The second-order valence-corrected chi connectivity index (χ2v) is 5.87. The zero-order chi connectivity index (χ0) is 14.1. The molecule has 0 saturated heterocycles. The number of thiophene rings is 1.